The molecule has 1 heterocycles. The van der Waals surface area contributed by atoms with E-state index in [1.807, 2.05) is 31.2 Å². The van der Waals surface area contributed by atoms with E-state index in [9.17, 15) is 14.4 Å². The van der Waals surface area contributed by atoms with Gasteiger partial charge in [-0.2, -0.15) is 0 Å². The molecule has 0 spiro atoms. The second-order valence-electron chi connectivity index (χ2n) is 7.21. The third kappa shape index (κ3) is 4.65. The van der Waals surface area contributed by atoms with E-state index in [1.165, 1.54) is 24.9 Å². The van der Waals surface area contributed by atoms with E-state index in [-0.39, 0.29) is 21.9 Å². The number of anilines is 2. The smallest absolute Gasteiger partial charge is 0.339 e. The molecular formula is C25H19ClN2O4S. The van der Waals surface area contributed by atoms with Crippen molar-refractivity contribution in [2.24, 2.45) is 0 Å². The molecule has 1 N–H and O–H groups in total. The van der Waals surface area contributed by atoms with E-state index >= 15 is 0 Å². The maximum atomic E-state index is 13.5. The summed E-state index contributed by atoms with van der Waals surface area (Å²) >= 11 is 7.28. The first kappa shape index (κ1) is 22.6. The van der Waals surface area contributed by atoms with Crippen LogP contribution in [0.4, 0.5) is 11.4 Å². The lowest BCUT2D eigenvalue weighted by Crippen LogP contribution is -2.33. The molecular weight excluding hydrogens is 460 g/mol. The van der Waals surface area contributed by atoms with Crippen molar-refractivity contribution in [1.29, 1.82) is 0 Å². The van der Waals surface area contributed by atoms with Gasteiger partial charge in [0.25, 0.3) is 11.8 Å². The molecule has 8 heteroatoms. The van der Waals surface area contributed by atoms with Gasteiger partial charge in [0.05, 0.1) is 18.4 Å². The molecule has 6 nitrogen and oxygen atoms in total. The highest BCUT2D eigenvalue weighted by Gasteiger charge is 2.41. The fourth-order valence-electron chi connectivity index (χ4n) is 3.32. The summed E-state index contributed by atoms with van der Waals surface area (Å²) in [6.45, 7) is 1.97. The SMILES string of the molecule is COC(=O)c1ccccc1N1C(=O)C(Nc2cccc(Cl)c2)=C(Sc2ccc(C)cc2)C1=O. The van der Waals surface area contributed by atoms with Gasteiger partial charge in [0.2, 0.25) is 0 Å². The monoisotopic (exact) mass is 478 g/mol. The number of nitrogens with one attached hydrogen (secondary N) is 1. The van der Waals surface area contributed by atoms with Crippen LogP contribution >= 0.6 is 23.4 Å². The number of carbonyl (C=O) groups excluding carboxylic acids is 3. The summed E-state index contributed by atoms with van der Waals surface area (Å²) in [7, 11) is 1.25. The molecule has 0 saturated carbocycles. The second kappa shape index (κ2) is 9.52. The van der Waals surface area contributed by atoms with E-state index in [0.717, 1.165) is 15.4 Å². The zero-order chi connectivity index (χ0) is 23.5. The zero-order valence-electron chi connectivity index (χ0n) is 17.8. The predicted octanol–water partition coefficient (Wildman–Crippen LogP) is 5.42. The number of halogens is 1. The van der Waals surface area contributed by atoms with Gasteiger partial charge in [-0.1, -0.05) is 59.3 Å². The first-order chi connectivity index (χ1) is 15.9. The third-order valence-corrected chi connectivity index (χ3v) is 6.25. The standard InChI is InChI=1S/C25H19ClN2O4S/c1-15-10-12-18(13-11-15)33-22-21(27-17-7-5-6-16(26)14-17)23(29)28(24(22)30)20-9-4-3-8-19(20)25(31)32-2/h3-14,27H,1-2H3. The van der Waals surface area contributed by atoms with Crippen LogP contribution in [-0.2, 0) is 14.3 Å². The van der Waals surface area contributed by atoms with Crippen molar-refractivity contribution in [2.45, 2.75) is 11.8 Å². The topological polar surface area (TPSA) is 75.7 Å². The number of benzene rings is 3. The molecule has 4 rings (SSSR count). The van der Waals surface area contributed by atoms with Crippen molar-refractivity contribution in [3.05, 3.63) is 99.5 Å². The Morgan fingerprint density at radius 3 is 2.39 bits per heavy atom. The average Bonchev–Trinajstić information content (AvgIpc) is 3.04. The lowest BCUT2D eigenvalue weighted by atomic mass is 10.1. The molecule has 2 amide bonds. The number of nitrogens with zero attached hydrogens (tertiary/aromatic N) is 1. The van der Waals surface area contributed by atoms with Crippen LogP contribution in [0.1, 0.15) is 15.9 Å². The van der Waals surface area contributed by atoms with Crippen molar-refractivity contribution in [3.8, 4) is 0 Å². The Labute approximate surface area is 200 Å². The summed E-state index contributed by atoms with van der Waals surface area (Å²) < 4.78 is 4.84. The van der Waals surface area contributed by atoms with Crippen molar-refractivity contribution < 1.29 is 19.1 Å². The van der Waals surface area contributed by atoms with E-state index in [1.54, 1.807) is 42.5 Å². The number of thioether (sulfide) groups is 1. The fourth-order valence-corrected chi connectivity index (χ4v) is 4.44. The molecule has 166 valence electrons. The lowest BCUT2D eigenvalue weighted by molar-refractivity contribution is -0.120. The minimum atomic E-state index is -0.643. The van der Waals surface area contributed by atoms with Gasteiger partial charge < -0.3 is 10.1 Å². The molecule has 0 unspecified atom stereocenters. The van der Waals surface area contributed by atoms with Gasteiger partial charge in [-0.15, -0.1) is 0 Å². The summed E-state index contributed by atoms with van der Waals surface area (Å²) in [4.78, 5) is 41.3. The van der Waals surface area contributed by atoms with Crippen LogP contribution in [0.5, 0.6) is 0 Å². The van der Waals surface area contributed by atoms with Gasteiger partial charge in [0.1, 0.15) is 10.6 Å². The number of imide groups is 1. The fraction of sp³-hybridized carbons (Fsp3) is 0.0800. The number of carbonyl (C=O) groups is 3. The summed E-state index contributed by atoms with van der Waals surface area (Å²) in [6, 6.07) is 20.8. The maximum Gasteiger partial charge on any atom is 0.339 e. The van der Waals surface area contributed by atoms with E-state index in [2.05, 4.69) is 5.32 Å². The van der Waals surface area contributed by atoms with Crippen LogP contribution in [0.2, 0.25) is 5.02 Å². The van der Waals surface area contributed by atoms with Gasteiger partial charge in [0, 0.05) is 15.6 Å². The van der Waals surface area contributed by atoms with E-state index in [0.29, 0.717) is 10.7 Å². The van der Waals surface area contributed by atoms with E-state index < -0.39 is 17.8 Å². The first-order valence-electron chi connectivity index (χ1n) is 9.96. The Bertz CT molecular complexity index is 1290. The Morgan fingerprint density at radius 2 is 1.70 bits per heavy atom. The summed E-state index contributed by atoms with van der Waals surface area (Å²) in [5.74, 6) is -1.76. The Balaban J connectivity index is 1.79. The molecule has 1 aliphatic rings. The highest BCUT2D eigenvalue weighted by Crippen LogP contribution is 2.39. The number of ether oxygens (including phenoxy) is 1. The Hall–Kier alpha value is -3.55. The van der Waals surface area contributed by atoms with Gasteiger partial charge in [-0.05, 0) is 49.4 Å². The number of amides is 2. The number of methoxy groups -OCH3 is 1. The molecule has 0 aliphatic carbocycles. The van der Waals surface area contributed by atoms with Gasteiger partial charge in [-0.25, -0.2) is 9.69 Å². The molecule has 0 fully saturated rings. The summed E-state index contributed by atoms with van der Waals surface area (Å²) in [6.07, 6.45) is 0. The van der Waals surface area contributed by atoms with Gasteiger partial charge in [-0.3, -0.25) is 9.59 Å². The van der Waals surface area contributed by atoms with Crippen molar-refractivity contribution >= 4 is 52.5 Å². The minimum absolute atomic E-state index is 0.104. The second-order valence-corrected chi connectivity index (χ2v) is 8.73. The molecule has 0 aromatic heterocycles. The summed E-state index contributed by atoms with van der Waals surface area (Å²) in [5.41, 5.74) is 2.01. The van der Waals surface area contributed by atoms with Crippen LogP contribution in [0.15, 0.2) is 88.3 Å². The first-order valence-corrected chi connectivity index (χ1v) is 11.2. The van der Waals surface area contributed by atoms with Gasteiger partial charge >= 0.3 is 5.97 Å². The predicted molar refractivity (Wildman–Crippen MR) is 129 cm³/mol. The number of hydrogen-bond donors (Lipinski definition) is 1. The number of para-hydroxylation sites is 1. The minimum Gasteiger partial charge on any atom is -0.465 e. The van der Waals surface area contributed by atoms with Crippen molar-refractivity contribution in [3.63, 3.8) is 0 Å². The lowest BCUT2D eigenvalue weighted by Gasteiger charge is -2.18. The van der Waals surface area contributed by atoms with Crippen LogP contribution in [-0.4, -0.2) is 24.9 Å². The van der Waals surface area contributed by atoms with Crippen LogP contribution < -0.4 is 10.2 Å². The molecule has 0 radical (unpaired) electrons. The molecule has 0 atom stereocenters. The zero-order valence-corrected chi connectivity index (χ0v) is 19.4. The van der Waals surface area contributed by atoms with E-state index in [4.69, 9.17) is 16.3 Å². The number of hydrogen-bond acceptors (Lipinski definition) is 6. The largest absolute Gasteiger partial charge is 0.465 e. The number of aryl methyl sites for hydroxylation is 1. The van der Waals surface area contributed by atoms with Crippen LogP contribution in [0.3, 0.4) is 0 Å². The highest BCUT2D eigenvalue weighted by molar-refractivity contribution is 8.04. The third-order valence-electron chi connectivity index (χ3n) is 4.93. The molecule has 3 aromatic rings. The molecule has 3 aromatic carbocycles. The molecule has 0 bridgehead atoms. The number of rotatable bonds is 6. The Kier molecular flexibility index (Phi) is 6.53. The number of esters is 1. The normalized spacial score (nSPS) is 13.5. The summed E-state index contributed by atoms with van der Waals surface area (Å²) in [5, 5.41) is 3.54. The molecule has 33 heavy (non-hydrogen) atoms. The van der Waals surface area contributed by atoms with Crippen molar-refractivity contribution in [1.82, 2.24) is 0 Å². The van der Waals surface area contributed by atoms with Gasteiger partial charge in [0.15, 0.2) is 0 Å². The Morgan fingerprint density at radius 1 is 0.970 bits per heavy atom. The molecule has 0 saturated heterocycles. The molecule has 1 aliphatic heterocycles. The highest BCUT2D eigenvalue weighted by atomic mass is 35.5. The quantitative estimate of drug-likeness (QED) is 0.376. The average molecular weight is 479 g/mol. The van der Waals surface area contributed by atoms with Crippen LogP contribution in [0, 0.1) is 6.92 Å². The van der Waals surface area contributed by atoms with Crippen LogP contribution in [0.25, 0.3) is 0 Å². The maximum absolute atomic E-state index is 13.5. The van der Waals surface area contributed by atoms with Crippen molar-refractivity contribution in [2.75, 3.05) is 17.3 Å².